The number of hydrogen-bond donors (Lipinski definition) is 2. The van der Waals surface area contributed by atoms with Crippen molar-refractivity contribution in [3.05, 3.63) is 22.2 Å². The summed E-state index contributed by atoms with van der Waals surface area (Å²) in [6.07, 6.45) is 3.55. The molecule has 2 heterocycles. The molecular formula is C23H41N3O5Si2. The highest BCUT2D eigenvalue weighted by Gasteiger charge is 2.51. The molecule has 3 N–H and O–H groups in total. The lowest BCUT2D eigenvalue weighted by molar-refractivity contribution is -0.0528. The number of nitrogen functional groups attached to an aromatic ring is 1. The summed E-state index contributed by atoms with van der Waals surface area (Å²) in [5, 5.41) is 11.2. The van der Waals surface area contributed by atoms with Gasteiger partial charge in [0, 0.05) is 6.20 Å². The average molecular weight is 496 g/mol. The lowest BCUT2D eigenvalue weighted by atomic mass is 10.1. The molecule has 1 aromatic rings. The second-order valence-electron chi connectivity index (χ2n) is 11.8. The van der Waals surface area contributed by atoms with E-state index in [-0.39, 0.29) is 28.1 Å². The van der Waals surface area contributed by atoms with E-state index in [1.807, 2.05) is 0 Å². The molecule has 186 valence electrons. The Bertz CT molecular complexity index is 957. The predicted octanol–water partition coefficient (Wildman–Crippen LogP) is 3.48. The van der Waals surface area contributed by atoms with Crippen LogP contribution < -0.4 is 11.4 Å². The highest BCUT2D eigenvalue weighted by atomic mass is 28.4. The molecule has 1 saturated heterocycles. The fraction of sp³-hybridized carbons (Fsp3) is 0.739. The Kier molecular flexibility index (Phi) is 7.81. The fourth-order valence-corrected chi connectivity index (χ4v) is 5.37. The molecular weight excluding hydrogens is 454 g/mol. The van der Waals surface area contributed by atoms with Gasteiger partial charge in [0.05, 0.1) is 12.2 Å². The Morgan fingerprint density at radius 3 is 2.21 bits per heavy atom. The van der Waals surface area contributed by atoms with E-state index in [1.54, 1.807) is 0 Å². The van der Waals surface area contributed by atoms with E-state index in [0.29, 0.717) is 0 Å². The Morgan fingerprint density at radius 2 is 1.73 bits per heavy atom. The van der Waals surface area contributed by atoms with E-state index in [2.05, 4.69) is 78.6 Å². The SMILES string of the molecule is C#Cc1cn([C@@H]2O[C@H](CO[Si](C)(C)C(C)(C)C)[C@@H](O[Si](C)(C)C(C)(C)C)[C@H]2O)c(=O)nc1N. The molecule has 10 heteroatoms. The number of aromatic nitrogens is 2. The van der Waals surface area contributed by atoms with Crippen molar-refractivity contribution < 1.29 is 18.7 Å². The summed E-state index contributed by atoms with van der Waals surface area (Å²) in [5.74, 6) is 2.39. The summed E-state index contributed by atoms with van der Waals surface area (Å²) in [6, 6.07) is 0. The highest BCUT2D eigenvalue weighted by molar-refractivity contribution is 6.74. The molecule has 1 aliphatic heterocycles. The van der Waals surface area contributed by atoms with Gasteiger partial charge in [0.2, 0.25) is 0 Å². The van der Waals surface area contributed by atoms with Gasteiger partial charge in [0.25, 0.3) is 0 Å². The minimum Gasteiger partial charge on any atom is -0.414 e. The molecule has 8 nitrogen and oxygen atoms in total. The van der Waals surface area contributed by atoms with Crippen molar-refractivity contribution in [2.75, 3.05) is 12.3 Å². The number of nitrogens with two attached hydrogens (primary N) is 1. The largest absolute Gasteiger partial charge is 0.414 e. The second-order valence-corrected chi connectivity index (χ2v) is 21.4. The van der Waals surface area contributed by atoms with Crippen LogP contribution in [0.4, 0.5) is 5.82 Å². The molecule has 0 bridgehead atoms. The molecule has 0 spiro atoms. The summed E-state index contributed by atoms with van der Waals surface area (Å²) in [6.45, 7) is 21.7. The number of ether oxygens (including phenoxy) is 1. The molecule has 0 amide bonds. The Balaban J connectivity index is 2.44. The number of nitrogens with zero attached hydrogens (tertiary/aromatic N) is 2. The van der Waals surface area contributed by atoms with Crippen LogP contribution in [-0.2, 0) is 13.6 Å². The van der Waals surface area contributed by atoms with Crippen LogP contribution in [0.5, 0.6) is 0 Å². The van der Waals surface area contributed by atoms with Crippen molar-refractivity contribution in [3.8, 4) is 12.3 Å². The monoisotopic (exact) mass is 495 g/mol. The quantitative estimate of drug-likeness (QED) is 0.459. The fourth-order valence-electron chi connectivity index (χ4n) is 3.03. The molecule has 33 heavy (non-hydrogen) atoms. The van der Waals surface area contributed by atoms with Gasteiger partial charge in [-0.25, -0.2) is 4.79 Å². The third kappa shape index (κ3) is 5.78. The minimum absolute atomic E-state index is 0.0128. The van der Waals surface area contributed by atoms with Gasteiger partial charge in [-0.3, -0.25) is 4.57 Å². The number of anilines is 1. The maximum Gasteiger partial charge on any atom is 0.351 e. The number of hydrogen-bond acceptors (Lipinski definition) is 7. The van der Waals surface area contributed by atoms with Crippen LogP contribution in [0.3, 0.4) is 0 Å². The van der Waals surface area contributed by atoms with Crippen LogP contribution in [0.25, 0.3) is 0 Å². The summed E-state index contributed by atoms with van der Waals surface area (Å²) < 4.78 is 20.4. The first-order valence-corrected chi connectivity index (χ1v) is 17.1. The third-order valence-electron chi connectivity index (χ3n) is 7.37. The molecule has 0 aliphatic carbocycles. The Labute approximate surface area is 200 Å². The van der Waals surface area contributed by atoms with Gasteiger partial charge in [-0.15, -0.1) is 6.42 Å². The third-order valence-corrected chi connectivity index (χ3v) is 16.3. The zero-order valence-electron chi connectivity index (χ0n) is 21.7. The van der Waals surface area contributed by atoms with Gasteiger partial charge in [-0.05, 0) is 36.3 Å². The van der Waals surface area contributed by atoms with Crippen molar-refractivity contribution >= 4 is 22.5 Å². The van der Waals surface area contributed by atoms with Crippen LogP contribution >= 0.6 is 0 Å². The topological polar surface area (TPSA) is 109 Å². The zero-order valence-corrected chi connectivity index (χ0v) is 23.7. The molecule has 1 fully saturated rings. The van der Waals surface area contributed by atoms with Crippen molar-refractivity contribution in [2.45, 2.75) is 102 Å². The standard InChI is InChI=1S/C23H41N3O5Si2/c1-12-15-13-26(21(28)25-19(15)24)20-17(27)18(31-33(10,11)23(5,6)7)16(30-20)14-29-32(8,9)22(2,3)4/h1,13,16-18,20,27H,14H2,2-11H3,(H2,24,25,28)/t16-,17-,18-,20-/m1/s1. The smallest absolute Gasteiger partial charge is 0.351 e. The van der Waals surface area contributed by atoms with Gasteiger partial charge >= 0.3 is 5.69 Å². The van der Waals surface area contributed by atoms with Crippen LogP contribution in [0.15, 0.2) is 11.0 Å². The van der Waals surface area contributed by atoms with Gasteiger partial charge in [-0.2, -0.15) is 4.98 Å². The first-order valence-electron chi connectivity index (χ1n) is 11.3. The van der Waals surface area contributed by atoms with E-state index >= 15 is 0 Å². The first kappa shape index (κ1) is 27.8. The molecule has 0 saturated carbocycles. The Hall–Kier alpha value is -1.49. The molecule has 0 aromatic carbocycles. The maximum absolute atomic E-state index is 12.6. The highest BCUT2D eigenvalue weighted by Crippen LogP contribution is 2.42. The first-order chi connectivity index (χ1) is 14.8. The Morgan fingerprint density at radius 1 is 1.18 bits per heavy atom. The number of aliphatic hydroxyl groups is 1. The van der Waals surface area contributed by atoms with Crippen molar-refractivity contribution in [1.29, 1.82) is 0 Å². The lowest BCUT2D eigenvalue weighted by Gasteiger charge is -2.41. The van der Waals surface area contributed by atoms with Crippen LogP contribution in [0.1, 0.15) is 53.3 Å². The van der Waals surface area contributed by atoms with Gasteiger partial charge in [0.15, 0.2) is 22.9 Å². The van der Waals surface area contributed by atoms with Crippen molar-refractivity contribution in [3.63, 3.8) is 0 Å². The predicted molar refractivity (Wildman–Crippen MR) is 136 cm³/mol. The molecule has 1 aromatic heterocycles. The van der Waals surface area contributed by atoms with Crippen LogP contribution in [0.2, 0.25) is 36.3 Å². The van der Waals surface area contributed by atoms with Gasteiger partial charge in [0.1, 0.15) is 24.1 Å². The number of terminal acetylenes is 1. The molecule has 4 atom stereocenters. The summed E-state index contributed by atoms with van der Waals surface area (Å²) in [5.41, 5.74) is 5.36. The number of aliphatic hydroxyl groups excluding tert-OH is 1. The van der Waals surface area contributed by atoms with E-state index in [9.17, 15) is 9.90 Å². The summed E-state index contributed by atoms with van der Waals surface area (Å²) in [7, 11) is -4.36. The molecule has 0 unspecified atom stereocenters. The molecule has 0 radical (unpaired) electrons. The van der Waals surface area contributed by atoms with Crippen molar-refractivity contribution in [2.24, 2.45) is 0 Å². The van der Waals surface area contributed by atoms with E-state index < -0.39 is 46.9 Å². The van der Waals surface area contributed by atoms with Crippen LogP contribution in [-0.4, -0.2) is 56.2 Å². The van der Waals surface area contributed by atoms with Crippen molar-refractivity contribution in [1.82, 2.24) is 9.55 Å². The number of rotatable bonds is 6. The lowest BCUT2D eigenvalue weighted by Crippen LogP contribution is -2.51. The summed E-state index contributed by atoms with van der Waals surface area (Å²) >= 11 is 0. The van der Waals surface area contributed by atoms with E-state index in [4.69, 9.17) is 25.7 Å². The van der Waals surface area contributed by atoms with Gasteiger partial charge < -0.3 is 24.4 Å². The molecule has 1 aliphatic rings. The molecule has 2 rings (SSSR count). The van der Waals surface area contributed by atoms with Gasteiger partial charge in [-0.1, -0.05) is 47.5 Å². The maximum atomic E-state index is 12.6. The van der Waals surface area contributed by atoms with E-state index in [0.717, 1.165) is 0 Å². The second kappa shape index (κ2) is 9.28. The normalized spacial score (nSPS) is 24.7. The van der Waals surface area contributed by atoms with Crippen LogP contribution in [0, 0.1) is 12.3 Å². The minimum atomic E-state index is -2.28. The average Bonchev–Trinajstić information content (AvgIpc) is 2.94. The zero-order chi connectivity index (χ0) is 25.6. The van der Waals surface area contributed by atoms with E-state index in [1.165, 1.54) is 10.8 Å². The summed E-state index contributed by atoms with van der Waals surface area (Å²) in [4.78, 5) is 16.4.